The average Bonchev–Trinajstić information content (AvgIpc) is 2.90. The number of hydrogen-bond donors (Lipinski definition) is 3. The number of carbonyl (C=O) groups is 1. The second kappa shape index (κ2) is 5.79. The van der Waals surface area contributed by atoms with Crippen LogP contribution in [0.2, 0.25) is 0 Å². The van der Waals surface area contributed by atoms with Crippen molar-refractivity contribution < 1.29 is 4.79 Å². The molecule has 19 heavy (non-hydrogen) atoms. The van der Waals surface area contributed by atoms with Crippen LogP contribution in [0.15, 0.2) is 4.79 Å². The van der Waals surface area contributed by atoms with Gasteiger partial charge in [0, 0.05) is 17.7 Å². The zero-order chi connectivity index (χ0) is 13.8. The molecule has 0 radical (unpaired) electrons. The number of rotatable bonds is 5. The lowest BCUT2D eigenvalue weighted by atomic mass is 10.3. The fourth-order valence-corrected chi connectivity index (χ4v) is 2.54. The zero-order valence-corrected chi connectivity index (χ0v) is 11.6. The van der Waals surface area contributed by atoms with Crippen molar-refractivity contribution in [2.24, 2.45) is 0 Å². The minimum absolute atomic E-state index is 0.0747. The van der Waals surface area contributed by atoms with Crippen molar-refractivity contribution in [2.75, 3.05) is 0 Å². The second-order valence-electron chi connectivity index (χ2n) is 4.14. The minimum Gasteiger partial charge on any atom is -0.351 e. The zero-order valence-electron chi connectivity index (χ0n) is 10.7. The summed E-state index contributed by atoms with van der Waals surface area (Å²) in [5, 5.41) is 9.83. The molecule has 8 heteroatoms. The Morgan fingerprint density at radius 2 is 2.21 bits per heavy atom. The molecule has 102 valence electrons. The molecule has 1 amide bonds. The summed E-state index contributed by atoms with van der Waals surface area (Å²) >= 11 is 1.58. The van der Waals surface area contributed by atoms with Crippen LogP contribution in [0.5, 0.6) is 0 Å². The summed E-state index contributed by atoms with van der Waals surface area (Å²) in [4.78, 5) is 30.3. The summed E-state index contributed by atoms with van der Waals surface area (Å²) in [5.41, 5.74) is 0.602. The fraction of sp³-hybridized carbons (Fsp3) is 0.455. The summed E-state index contributed by atoms with van der Waals surface area (Å²) in [7, 11) is 0. The molecule has 0 aliphatic rings. The highest BCUT2D eigenvalue weighted by Gasteiger charge is 2.08. The Morgan fingerprint density at radius 1 is 1.42 bits per heavy atom. The molecule has 0 aliphatic heterocycles. The van der Waals surface area contributed by atoms with Crippen molar-refractivity contribution in [1.82, 2.24) is 25.5 Å². The van der Waals surface area contributed by atoms with E-state index in [4.69, 9.17) is 0 Å². The van der Waals surface area contributed by atoms with Crippen LogP contribution in [0.3, 0.4) is 0 Å². The number of H-pyrrole nitrogens is 2. The largest absolute Gasteiger partial charge is 0.351 e. The van der Waals surface area contributed by atoms with Crippen molar-refractivity contribution in [3.63, 3.8) is 0 Å². The molecular formula is C11H15N5O2S. The monoisotopic (exact) mass is 281 g/mol. The topological polar surface area (TPSA) is 104 Å². The predicted molar refractivity (Wildman–Crippen MR) is 71.0 cm³/mol. The third-order valence-corrected chi connectivity index (χ3v) is 3.66. The third kappa shape index (κ3) is 3.75. The minimum atomic E-state index is -0.355. The Kier molecular flexibility index (Phi) is 4.10. The van der Waals surface area contributed by atoms with Crippen molar-refractivity contribution in [3.05, 3.63) is 31.9 Å². The molecule has 2 aromatic heterocycles. The number of aromatic amines is 2. The normalized spacial score (nSPS) is 10.6. The molecule has 0 saturated heterocycles. The van der Waals surface area contributed by atoms with E-state index in [0.717, 1.165) is 15.6 Å². The molecule has 2 aromatic rings. The molecule has 0 aliphatic carbocycles. The SMILES string of the molecule is Cc1nc(C)c(CNC(=O)CCc2n[nH]c(=O)[nH]2)s1. The molecule has 0 saturated carbocycles. The van der Waals surface area contributed by atoms with Gasteiger partial charge < -0.3 is 5.32 Å². The first kappa shape index (κ1) is 13.5. The maximum atomic E-state index is 11.7. The van der Waals surface area contributed by atoms with Crippen LogP contribution < -0.4 is 11.0 Å². The van der Waals surface area contributed by atoms with Crippen LogP contribution in [0.4, 0.5) is 0 Å². The summed E-state index contributed by atoms with van der Waals surface area (Å²) < 4.78 is 0. The Labute approximate surface area is 113 Å². The lowest BCUT2D eigenvalue weighted by Crippen LogP contribution is -2.23. The molecule has 0 fully saturated rings. The number of carbonyl (C=O) groups excluding carboxylic acids is 1. The van der Waals surface area contributed by atoms with Crippen molar-refractivity contribution in [1.29, 1.82) is 0 Å². The maximum absolute atomic E-state index is 11.7. The predicted octanol–water partition coefficient (Wildman–Crippen LogP) is 0.420. The van der Waals surface area contributed by atoms with Crippen molar-refractivity contribution in [3.8, 4) is 0 Å². The number of nitrogens with zero attached hydrogens (tertiary/aromatic N) is 2. The van der Waals surface area contributed by atoms with Gasteiger partial charge in [0.05, 0.1) is 17.2 Å². The first-order chi connectivity index (χ1) is 9.04. The number of hydrogen-bond acceptors (Lipinski definition) is 5. The Morgan fingerprint density at radius 3 is 2.79 bits per heavy atom. The van der Waals surface area contributed by atoms with Gasteiger partial charge in [0.2, 0.25) is 5.91 Å². The van der Waals surface area contributed by atoms with E-state index in [1.807, 2.05) is 13.8 Å². The smallest absolute Gasteiger partial charge is 0.340 e. The molecular weight excluding hydrogens is 266 g/mol. The van der Waals surface area contributed by atoms with Crippen LogP contribution in [0.1, 0.15) is 27.8 Å². The Hall–Kier alpha value is -1.96. The van der Waals surface area contributed by atoms with Crippen LogP contribution in [0.25, 0.3) is 0 Å². The van der Waals surface area contributed by atoms with E-state index in [0.29, 0.717) is 18.8 Å². The van der Waals surface area contributed by atoms with E-state index in [1.54, 1.807) is 11.3 Å². The fourth-order valence-electron chi connectivity index (χ4n) is 1.66. The molecule has 0 bridgehead atoms. The van der Waals surface area contributed by atoms with E-state index in [9.17, 15) is 9.59 Å². The van der Waals surface area contributed by atoms with Crippen LogP contribution in [-0.4, -0.2) is 26.1 Å². The number of thiazole rings is 1. The van der Waals surface area contributed by atoms with Gasteiger partial charge in [0.1, 0.15) is 5.82 Å². The van der Waals surface area contributed by atoms with E-state index in [2.05, 4.69) is 25.5 Å². The van der Waals surface area contributed by atoms with Gasteiger partial charge in [-0.2, -0.15) is 5.10 Å². The quantitative estimate of drug-likeness (QED) is 0.739. The molecule has 2 heterocycles. The molecule has 0 aromatic carbocycles. The summed E-state index contributed by atoms with van der Waals surface area (Å²) in [6, 6.07) is 0. The number of amides is 1. The van der Waals surface area contributed by atoms with Gasteiger partial charge in [-0.3, -0.25) is 9.78 Å². The van der Waals surface area contributed by atoms with Crippen molar-refractivity contribution in [2.45, 2.75) is 33.2 Å². The first-order valence-electron chi connectivity index (χ1n) is 5.88. The average molecular weight is 281 g/mol. The van der Waals surface area contributed by atoms with Gasteiger partial charge in [-0.1, -0.05) is 0 Å². The Balaban J connectivity index is 1.78. The molecule has 0 unspecified atom stereocenters. The van der Waals surface area contributed by atoms with Gasteiger partial charge in [-0.15, -0.1) is 11.3 Å². The summed E-state index contributed by atoms with van der Waals surface area (Å²) in [6.07, 6.45) is 0.697. The summed E-state index contributed by atoms with van der Waals surface area (Å²) in [5.74, 6) is 0.416. The second-order valence-corrected chi connectivity index (χ2v) is 5.43. The third-order valence-electron chi connectivity index (χ3n) is 2.58. The van der Waals surface area contributed by atoms with Crippen LogP contribution >= 0.6 is 11.3 Å². The highest BCUT2D eigenvalue weighted by Crippen LogP contribution is 2.16. The van der Waals surface area contributed by atoms with Gasteiger partial charge in [-0.05, 0) is 13.8 Å². The lowest BCUT2D eigenvalue weighted by molar-refractivity contribution is -0.121. The van der Waals surface area contributed by atoms with Crippen LogP contribution in [0, 0.1) is 13.8 Å². The van der Waals surface area contributed by atoms with Crippen molar-refractivity contribution >= 4 is 17.2 Å². The number of aryl methyl sites for hydroxylation is 3. The van der Waals surface area contributed by atoms with Gasteiger partial charge in [0.15, 0.2) is 0 Å². The molecule has 0 atom stereocenters. The summed E-state index contributed by atoms with van der Waals surface area (Å²) in [6.45, 7) is 4.36. The number of nitrogens with one attached hydrogen (secondary N) is 3. The van der Waals surface area contributed by atoms with E-state index < -0.39 is 0 Å². The highest BCUT2D eigenvalue weighted by atomic mass is 32.1. The van der Waals surface area contributed by atoms with Gasteiger partial charge in [0.25, 0.3) is 0 Å². The van der Waals surface area contributed by atoms with Gasteiger partial charge in [-0.25, -0.2) is 14.9 Å². The maximum Gasteiger partial charge on any atom is 0.340 e. The molecule has 3 N–H and O–H groups in total. The number of aromatic nitrogens is 4. The standard InChI is InChI=1S/C11H15N5O2S/c1-6-8(19-7(2)13-6)5-12-10(17)4-3-9-14-11(18)16-15-9/h3-5H2,1-2H3,(H,12,17)(H2,14,15,16,18). The lowest BCUT2D eigenvalue weighted by Gasteiger charge is -2.02. The molecule has 2 rings (SSSR count). The van der Waals surface area contributed by atoms with E-state index in [-0.39, 0.29) is 18.0 Å². The van der Waals surface area contributed by atoms with Gasteiger partial charge >= 0.3 is 5.69 Å². The molecule has 7 nitrogen and oxygen atoms in total. The highest BCUT2D eigenvalue weighted by molar-refractivity contribution is 7.11. The Bertz CT molecular complexity index is 627. The molecule has 0 spiro atoms. The van der Waals surface area contributed by atoms with Crippen LogP contribution in [-0.2, 0) is 17.8 Å². The van der Waals surface area contributed by atoms with E-state index in [1.165, 1.54) is 0 Å². The van der Waals surface area contributed by atoms with E-state index >= 15 is 0 Å². The first-order valence-corrected chi connectivity index (χ1v) is 6.69.